The van der Waals surface area contributed by atoms with E-state index in [2.05, 4.69) is 62.4 Å². The highest BCUT2D eigenvalue weighted by molar-refractivity contribution is 6.08. The van der Waals surface area contributed by atoms with E-state index in [4.69, 9.17) is 0 Å². The van der Waals surface area contributed by atoms with Crippen LogP contribution in [0, 0.1) is 11.8 Å². The first-order chi connectivity index (χ1) is 10.2. The quantitative estimate of drug-likeness (QED) is 0.495. The van der Waals surface area contributed by atoms with Crippen LogP contribution in [0.5, 0.6) is 0 Å². The van der Waals surface area contributed by atoms with Gasteiger partial charge in [-0.3, -0.25) is 0 Å². The standard InChI is InChI=1S/C21H22/c1-14(2)17-8-7-16-10-11-19-18-6-4-3-5-15(18)9-12-20(19)21(16)13-17/h3-6,9-12,14,17H,7-8,13H2,1-2H3. The van der Waals surface area contributed by atoms with Gasteiger partial charge in [-0.25, -0.2) is 0 Å². The molecule has 0 spiro atoms. The second-order valence-corrected chi connectivity index (χ2v) is 6.83. The zero-order valence-electron chi connectivity index (χ0n) is 12.9. The van der Waals surface area contributed by atoms with Crippen LogP contribution in [-0.4, -0.2) is 0 Å². The molecule has 0 nitrogen and oxygen atoms in total. The molecular weight excluding hydrogens is 252 g/mol. The third-order valence-electron chi connectivity index (χ3n) is 5.33. The molecule has 0 N–H and O–H groups in total. The van der Waals surface area contributed by atoms with E-state index in [1.54, 1.807) is 11.1 Å². The van der Waals surface area contributed by atoms with Crippen molar-refractivity contribution in [3.05, 3.63) is 59.7 Å². The van der Waals surface area contributed by atoms with E-state index in [0.29, 0.717) is 0 Å². The smallest absolute Gasteiger partial charge is 0.0102 e. The fourth-order valence-electron chi connectivity index (χ4n) is 3.95. The molecule has 1 atom stereocenters. The van der Waals surface area contributed by atoms with E-state index < -0.39 is 0 Å². The first kappa shape index (κ1) is 12.9. The summed E-state index contributed by atoms with van der Waals surface area (Å²) in [6.45, 7) is 4.74. The molecule has 1 aliphatic rings. The van der Waals surface area contributed by atoms with Crippen molar-refractivity contribution in [2.24, 2.45) is 11.8 Å². The molecule has 1 aliphatic carbocycles. The SMILES string of the molecule is CC(C)C1CCc2ccc3c(ccc4ccccc43)c2C1. The van der Waals surface area contributed by atoms with Gasteiger partial charge in [0, 0.05) is 0 Å². The van der Waals surface area contributed by atoms with E-state index in [-0.39, 0.29) is 0 Å². The minimum absolute atomic E-state index is 0.786. The number of aryl methyl sites for hydroxylation is 1. The van der Waals surface area contributed by atoms with Crippen molar-refractivity contribution in [1.29, 1.82) is 0 Å². The third kappa shape index (κ3) is 2.05. The molecule has 1 unspecified atom stereocenters. The van der Waals surface area contributed by atoms with Gasteiger partial charge in [0.1, 0.15) is 0 Å². The first-order valence-electron chi connectivity index (χ1n) is 8.16. The van der Waals surface area contributed by atoms with Gasteiger partial charge >= 0.3 is 0 Å². The summed E-state index contributed by atoms with van der Waals surface area (Å²) in [6, 6.07) is 18.1. The number of fused-ring (bicyclic) bond motifs is 5. The third-order valence-corrected chi connectivity index (χ3v) is 5.33. The molecule has 0 heterocycles. The summed E-state index contributed by atoms with van der Waals surface area (Å²) < 4.78 is 0. The highest BCUT2D eigenvalue weighted by Gasteiger charge is 2.22. The van der Waals surface area contributed by atoms with Crippen molar-refractivity contribution >= 4 is 21.5 Å². The van der Waals surface area contributed by atoms with Crippen LogP contribution in [0.2, 0.25) is 0 Å². The first-order valence-corrected chi connectivity index (χ1v) is 8.16. The Morgan fingerprint density at radius 3 is 2.52 bits per heavy atom. The van der Waals surface area contributed by atoms with Gasteiger partial charge in [-0.1, -0.05) is 62.4 Å². The zero-order valence-corrected chi connectivity index (χ0v) is 12.9. The summed E-state index contributed by atoms with van der Waals surface area (Å²) >= 11 is 0. The van der Waals surface area contributed by atoms with E-state index in [1.807, 2.05) is 0 Å². The van der Waals surface area contributed by atoms with Crippen LogP contribution in [0.3, 0.4) is 0 Å². The molecule has 0 aromatic heterocycles. The molecule has 0 amide bonds. The summed E-state index contributed by atoms with van der Waals surface area (Å²) in [7, 11) is 0. The fraction of sp³-hybridized carbons (Fsp3) is 0.333. The fourth-order valence-corrected chi connectivity index (χ4v) is 3.95. The van der Waals surface area contributed by atoms with Crippen LogP contribution in [0.4, 0.5) is 0 Å². The van der Waals surface area contributed by atoms with Crippen LogP contribution in [0.25, 0.3) is 21.5 Å². The molecule has 0 radical (unpaired) electrons. The van der Waals surface area contributed by atoms with Crippen LogP contribution in [0.15, 0.2) is 48.5 Å². The summed E-state index contributed by atoms with van der Waals surface area (Å²) in [5.41, 5.74) is 3.19. The Morgan fingerprint density at radius 1 is 0.857 bits per heavy atom. The zero-order chi connectivity index (χ0) is 14.4. The number of benzene rings is 3. The molecule has 0 fully saturated rings. The molecule has 0 bridgehead atoms. The lowest BCUT2D eigenvalue weighted by molar-refractivity contribution is 0.344. The lowest BCUT2D eigenvalue weighted by Gasteiger charge is -2.28. The van der Waals surface area contributed by atoms with Gasteiger partial charge in [0.05, 0.1) is 0 Å². The molecule has 106 valence electrons. The predicted octanol–water partition coefficient (Wildman–Crippen LogP) is 5.75. The second-order valence-electron chi connectivity index (χ2n) is 6.83. The maximum Gasteiger partial charge on any atom is -0.0102 e. The minimum Gasteiger partial charge on any atom is -0.0625 e. The molecule has 21 heavy (non-hydrogen) atoms. The average molecular weight is 274 g/mol. The van der Waals surface area contributed by atoms with Crippen LogP contribution in [-0.2, 0) is 12.8 Å². The van der Waals surface area contributed by atoms with Gasteiger partial charge in [0.2, 0.25) is 0 Å². The highest BCUT2D eigenvalue weighted by Crippen LogP contribution is 2.36. The highest BCUT2D eigenvalue weighted by atomic mass is 14.3. The molecule has 0 saturated heterocycles. The largest absolute Gasteiger partial charge is 0.0625 e. The van der Waals surface area contributed by atoms with Gasteiger partial charge in [-0.2, -0.15) is 0 Å². The number of hydrogen-bond donors (Lipinski definition) is 0. The van der Waals surface area contributed by atoms with E-state index in [9.17, 15) is 0 Å². The van der Waals surface area contributed by atoms with Crippen LogP contribution in [0.1, 0.15) is 31.4 Å². The Labute approximate surface area is 126 Å². The number of rotatable bonds is 1. The predicted molar refractivity (Wildman–Crippen MR) is 91.8 cm³/mol. The van der Waals surface area contributed by atoms with Crippen molar-refractivity contribution in [1.82, 2.24) is 0 Å². The van der Waals surface area contributed by atoms with Crippen molar-refractivity contribution in [2.75, 3.05) is 0 Å². The Balaban J connectivity index is 1.97. The Morgan fingerprint density at radius 2 is 1.67 bits per heavy atom. The maximum atomic E-state index is 2.38. The van der Waals surface area contributed by atoms with E-state index >= 15 is 0 Å². The number of hydrogen-bond acceptors (Lipinski definition) is 0. The lowest BCUT2D eigenvalue weighted by atomic mass is 9.76. The second kappa shape index (κ2) is 4.87. The summed E-state index contributed by atoms with van der Waals surface area (Å²) in [5.74, 6) is 1.63. The normalized spacial score (nSPS) is 18.3. The average Bonchev–Trinajstić information content (AvgIpc) is 2.53. The maximum absolute atomic E-state index is 2.38. The van der Waals surface area contributed by atoms with Crippen molar-refractivity contribution < 1.29 is 0 Å². The summed E-state index contributed by atoms with van der Waals surface area (Å²) in [5, 5.41) is 5.65. The molecular formula is C21H22. The van der Waals surface area contributed by atoms with Crippen LogP contribution < -0.4 is 0 Å². The Bertz CT molecular complexity index is 811. The summed E-state index contributed by atoms with van der Waals surface area (Å²) in [6.07, 6.45) is 3.85. The van der Waals surface area contributed by atoms with Crippen LogP contribution >= 0.6 is 0 Å². The monoisotopic (exact) mass is 274 g/mol. The minimum atomic E-state index is 0.786. The van der Waals surface area contributed by atoms with Crippen molar-refractivity contribution in [3.63, 3.8) is 0 Å². The van der Waals surface area contributed by atoms with Gasteiger partial charge in [-0.05, 0) is 63.8 Å². The van der Waals surface area contributed by atoms with E-state index in [1.165, 1.54) is 40.8 Å². The van der Waals surface area contributed by atoms with E-state index in [0.717, 1.165) is 11.8 Å². The van der Waals surface area contributed by atoms with Gasteiger partial charge in [-0.15, -0.1) is 0 Å². The summed E-state index contributed by atoms with van der Waals surface area (Å²) in [4.78, 5) is 0. The molecule has 0 aliphatic heterocycles. The Kier molecular flexibility index (Phi) is 2.99. The molecule has 4 rings (SSSR count). The molecule has 3 aromatic rings. The van der Waals surface area contributed by atoms with Crippen molar-refractivity contribution in [2.45, 2.75) is 33.1 Å². The molecule has 0 saturated carbocycles. The van der Waals surface area contributed by atoms with Gasteiger partial charge < -0.3 is 0 Å². The molecule has 3 aromatic carbocycles. The van der Waals surface area contributed by atoms with Gasteiger partial charge in [0.15, 0.2) is 0 Å². The topological polar surface area (TPSA) is 0 Å². The van der Waals surface area contributed by atoms with Gasteiger partial charge in [0.25, 0.3) is 0 Å². The lowest BCUT2D eigenvalue weighted by Crippen LogP contribution is -2.19. The Hall–Kier alpha value is -1.82. The van der Waals surface area contributed by atoms with Crippen molar-refractivity contribution in [3.8, 4) is 0 Å². The molecule has 0 heteroatoms.